The Morgan fingerprint density at radius 3 is 2.50 bits per heavy atom. The molecule has 1 saturated heterocycles. The van der Waals surface area contributed by atoms with Crippen molar-refractivity contribution in [2.75, 3.05) is 21.9 Å². The van der Waals surface area contributed by atoms with Crippen LogP contribution in [0.5, 0.6) is 0 Å². The van der Waals surface area contributed by atoms with Crippen LogP contribution in [0.25, 0.3) is 0 Å². The lowest BCUT2D eigenvalue weighted by Crippen LogP contribution is -2.22. The Labute approximate surface area is 168 Å². The topological polar surface area (TPSA) is 72.8 Å². The molecule has 140 valence electrons. The highest BCUT2D eigenvalue weighted by Crippen LogP contribution is 2.51. The molecular weight excluding hydrogens is 419 g/mol. The molecule has 1 aliphatic rings. The van der Waals surface area contributed by atoms with E-state index in [2.05, 4.69) is 5.32 Å². The number of anilines is 2. The highest BCUT2D eigenvalue weighted by Gasteiger charge is 2.30. The van der Waals surface area contributed by atoms with Gasteiger partial charge in [-0.25, -0.2) is 0 Å². The van der Waals surface area contributed by atoms with E-state index in [0.29, 0.717) is 29.4 Å². The summed E-state index contributed by atoms with van der Waals surface area (Å²) in [6.45, 7) is 2.33. The third-order valence-electron chi connectivity index (χ3n) is 3.98. The lowest BCUT2D eigenvalue weighted by molar-refractivity contribution is 0.102. The Morgan fingerprint density at radius 1 is 1.15 bits per heavy atom. The molecule has 0 unspecified atom stereocenters. The van der Waals surface area contributed by atoms with Crippen molar-refractivity contribution in [2.24, 2.45) is 0 Å². The molecule has 0 bridgehead atoms. The number of nitrogens with zero attached hydrogens (tertiary/aromatic N) is 1. The molecule has 0 aliphatic carbocycles. The maximum Gasteiger partial charge on any atom is 0.257 e. The fraction of sp³-hybridized carbons (Fsp3) is 0.235. The maximum atomic E-state index is 12.7. The fourth-order valence-corrected chi connectivity index (χ4v) is 5.15. The van der Waals surface area contributed by atoms with Crippen LogP contribution in [-0.4, -0.2) is 27.3 Å². The number of hydrogen-bond donors (Lipinski definition) is 3. The van der Waals surface area contributed by atoms with Crippen LogP contribution in [0.15, 0.2) is 30.3 Å². The van der Waals surface area contributed by atoms with Crippen molar-refractivity contribution < 1.29 is 13.9 Å². The van der Waals surface area contributed by atoms with E-state index in [1.165, 1.54) is 16.4 Å². The molecule has 1 amide bonds. The number of carbonyl (C=O) groups excluding carboxylic acids is 1. The van der Waals surface area contributed by atoms with Crippen molar-refractivity contribution in [3.63, 3.8) is 0 Å². The first kappa shape index (κ1) is 19.6. The van der Waals surface area contributed by atoms with Gasteiger partial charge in [0, 0.05) is 17.3 Å². The van der Waals surface area contributed by atoms with Crippen LogP contribution in [0.2, 0.25) is 15.1 Å². The maximum absolute atomic E-state index is 12.7. The largest absolute Gasteiger partial charge is 0.322 e. The van der Waals surface area contributed by atoms with Crippen LogP contribution in [0.3, 0.4) is 0 Å². The van der Waals surface area contributed by atoms with Gasteiger partial charge in [0.25, 0.3) is 5.91 Å². The second-order valence-corrected chi connectivity index (χ2v) is 9.39. The summed E-state index contributed by atoms with van der Waals surface area (Å²) >= 11 is 18.4. The van der Waals surface area contributed by atoms with Gasteiger partial charge in [-0.2, -0.15) is 0 Å². The zero-order valence-corrected chi connectivity index (χ0v) is 16.9. The van der Waals surface area contributed by atoms with E-state index in [0.717, 1.165) is 5.56 Å². The molecule has 1 heterocycles. The summed E-state index contributed by atoms with van der Waals surface area (Å²) in [5.41, 5.74) is 2.03. The van der Waals surface area contributed by atoms with Gasteiger partial charge >= 0.3 is 0 Å². The predicted molar refractivity (Wildman–Crippen MR) is 110 cm³/mol. The zero-order valence-electron chi connectivity index (χ0n) is 13.8. The molecule has 0 radical (unpaired) electrons. The van der Waals surface area contributed by atoms with Gasteiger partial charge < -0.3 is 5.32 Å². The van der Waals surface area contributed by atoms with E-state index >= 15 is 0 Å². The molecule has 5 nitrogen and oxygen atoms in total. The van der Waals surface area contributed by atoms with Gasteiger partial charge in [-0.1, -0.05) is 34.8 Å². The number of benzene rings is 2. The van der Waals surface area contributed by atoms with Crippen molar-refractivity contribution in [1.29, 1.82) is 0 Å². The highest BCUT2D eigenvalue weighted by atomic mass is 35.5. The van der Waals surface area contributed by atoms with Gasteiger partial charge in [0.15, 0.2) is 0 Å². The van der Waals surface area contributed by atoms with Crippen molar-refractivity contribution in [3.05, 3.63) is 56.5 Å². The van der Waals surface area contributed by atoms with Gasteiger partial charge in [-0.15, -0.1) is 10.8 Å². The number of halogens is 3. The van der Waals surface area contributed by atoms with E-state index < -0.39 is 16.7 Å². The summed E-state index contributed by atoms with van der Waals surface area (Å²) in [5.74, 6) is -0.174. The first-order chi connectivity index (χ1) is 12.2. The van der Waals surface area contributed by atoms with E-state index in [9.17, 15) is 13.9 Å². The van der Waals surface area contributed by atoms with Gasteiger partial charge in [0.05, 0.1) is 27.0 Å². The number of aryl methyl sites for hydroxylation is 1. The average molecular weight is 436 g/mol. The van der Waals surface area contributed by atoms with Crippen LogP contribution in [0, 0.1) is 6.92 Å². The van der Waals surface area contributed by atoms with Crippen LogP contribution in [0.4, 0.5) is 11.4 Å². The van der Waals surface area contributed by atoms with Gasteiger partial charge in [0.2, 0.25) is 0 Å². The van der Waals surface area contributed by atoms with E-state index in [-0.39, 0.29) is 21.4 Å². The Hall–Kier alpha value is -1.15. The molecule has 2 aromatic rings. The molecule has 0 atom stereocenters. The number of nitrogens with one attached hydrogen (secondary N) is 1. The lowest BCUT2D eigenvalue weighted by Gasteiger charge is -2.38. The normalized spacial score (nSPS) is 17.2. The smallest absolute Gasteiger partial charge is 0.257 e. The molecule has 2 aromatic carbocycles. The SMILES string of the molecule is Cc1cc(Cl)cc(NC(=O)c2cc(N3CCCS3(O)O)cc(Cl)c2Cl)c1. The molecular formula is C17H17Cl3N2O3S. The molecule has 1 fully saturated rings. The molecule has 0 spiro atoms. The van der Waals surface area contributed by atoms with Crippen LogP contribution < -0.4 is 9.62 Å². The average Bonchev–Trinajstić information content (AvgIpc) is 2.88. The van der Waals surface area contributed by atoms with Gasteiger partial charge in [-0.3, -0.25) is 18.2 Å². The van der Waals surface area contributed by atoms with Gasteiger partial charge in [0.1, 0.15) is 0 Å². The third-order valence-corrected chi connectivity index (χ3v) is 6.93. The number of amides is 1. The second-order valence-electron chi connectivity index (χ2n) is 6.05. The quantitative estimate of drug-likeness (QED) is 0.546. The molecule has 9 heteroatoms. The lowest BCUT2D eigenvalue weighted by atomic mass is 10.1. The van der Waals surface area contributed by atoms with Crippen LogP contribution in [-0.2, 0) is 0 Å². The summed E-state index contributed by atoms with van der Waals surface area (Å²) in [5, 5.41) is 3.51. The van der Waals surface area contributed by atoms with E-state index in [1.807, 2.05) is 6.92 Å². The highest BCUT2D eigenvalue weighted by molar-refractivity contribution is 8.25. The summed E-state index contributed by atoms with van der Waals surface area (Å²) < 4.78 is 21.8. The standard InChI is InChI=1S/C17H17Cl3N2O3S/c1-10-5-11(18)7-12(6-10)21-17(23)14-8-13(9-15(19)16(14)20)22-3-2-4-26(22,24)25/h5-9,24-25H,2-4H2,1H3,(H,21,23). The van der Waals surface area contributed by atoms with E-state index in [1.54, 1.807) is 18.2 Å². The van der Waals surface area contributed by atoms with Crippen molar-refractivity contribution in [1.82, 2.24) is 0 Å². The molecule has 3 N–H and O–H groups in total. The fourth-order valence-electron chi connectivity index (χ4n) is 2.85. The summed E-state index contributed by atoms with van der Waals surface area (Å²) in [4.78, 5) is 12.7. The third kappa shape index (κ3) is 4.06. The van der Waals surface area contributed by atoms with E-state index in [4.69, 9.17) is 34.8 Å². The second kappa shape index (κ2) is 7.46. The predicted octanol–water partition coefficient (Wildman–Crippen LogP) is 6.08. The first-order valence-corrected chi connectivity index (χ1v) is 10.6. The van der Waals surface area contributed by atoms with Crippen molar-refractivity contribution in [3.8, 4) is 0 Å². The molecule has 1 aliphatic heterocycles. The molecule has 0 saturated carbocycles. The monoisotopic (exact) mass is 434 g/mol. The molecule has 3 rings (SSSR count). The zero-order chi connectivity index (χ0) is 19.1. The van der Waals surface area contributed by atoms with Crippen LogP contribution in [0.1, 0.15) is 22.3 Å². The Kier molecular flexibility index (Phi) is 5.63. The number of hydrogen-bond acceptors (Lipinski definition) is 4. The Bertz CT molecular complexity index is 856. The minimum Gasteiger partial charge on any atom is -0.322 e. The first-order valence-electron chi connectivity index (χ1n) is 7.78. The number of rotatable bonds is 3. The van der Waals surface area contributed by atoms with Gasteiger partial charge in [-0.05, 0) is 49.2 Å². The minimum absolute atomic E-state index is 0.0994. The van der Waals surface area contributed by atoms with Crippen molar-refractivity contribution in [2.45, 2.75) is 13.3 Å². The van der Waals surface area contributed by atoms with Crippen LogP contribution >= 0.6 is 45.6 Å². The van der Waals surface area contributed by atoms with Crippen molar-refractivity contribution >= 4 is 62.9 Å². The molecule has 0 aromatic heterocycles. The summed E-state index contributed by atoms with van der Waals surface area (Å²) in [6, 6.07) is 8.23. The Morgan fingerprint density at radius 2 is 1.88 bits per heavy atom. The summed E-state index contributed by atoms with van der Waals surface area (Å²) in [7, 11) is -2.90. The summed E-state index contributed by atoms with van der Waals surface area (Å²) in [6.07, 6.45) is 0.645. The molecule has 26 heavy (non-hydrogen) atoms. The number of carbonyl (C=O) groups is 1. The minimum atomic E-state index is -2.90. The Balaban J connectivity index is 1.95.